The highest BCUT2D eigenvalue weighted by Crippen LogP contribution is 2.21. The number of nitrogens with zero attached hydrogens (tertiary/aromatic N) is 1. The predicted molar refractivity (Wildman–Crippen MR) is 89.1 cm³/mol. The molecule has 0 aliphatic carbocycles. The Bertz CT molecular complexity index is 723. The Morgan fingerprint density at radius 3 is 2.38 bits per heavy atom. The molecule has 128 valence electrons. The Labute approximate surface area is 151 Å². The van der Waals surface area contributed by atoms with Crippen LogP contribution in [0.3, 0.4) is 0 Å². The fourth-order valence-corrected chi connectivity index (χ4v) is 2.53. The molecule has 1 heterocycles. The predicted octanol–water partition coefficient (Wildman–Crippen LogP) is 0.785. The maximum atomic E-state index is 12.4. The van der Waals surface area contributed by atoms with Crippen molar-refractivity contribution in [3.05, 3.63) is 57.9 Å². The quantitative estimate of drug-likeness (QED) is 0.811. The lowest BCUT2D eigenvalue weighted by molar-refractivity contribution is -0.0000304. The zero-order valence-electron chi connectivity index (χ0n) is 13.5. The van der Waals surface area contributed by atoms with Crippen LogP contribution in [-0.2, 0) is 4.74 Å². The van der Waals surface area contributed by atoms with E-state index in [-0.39, 0.29) is 18.3 Å². The van der Waals surface area contributed by atoms with Crippen LogP contribution in [0.1, 0.15) is 39.0 Å². The summed E-state index contributed by atoms with van der Waals surface area (Å²) in [5.74, 6) is -0.740. The minimum atomic E-state index is -0.396. The molecule has 2 rings (SSSR count). The van der Waals surface area contributed by atoms with Crippen LogP contribution in [0.2, 0.25) is 5.02 Å². The number of anilines is 1. The van der Waals surface area contributed by atoms with Gasteiger partial charge < -0.3 is 22.5 Å². The number of ether oxygens (including phenoxy) is 1. The number of nitrogens with one attached hydrogen (secondary N) is 1. The van der Waals surface area contributed by atoms with E-state index in [4.69, 9.17) is 16.3 Å². The standard InChI is InChI=1S/C17H17ClN2O3.ClH/c1-4-23-17(22)12-5-7-13(8-6-12)20-16(21)15-11(3)19-10(2)9-14(15)18;/h5-9H,4H2,1-3H3,(H,20,21);1H/p-1. The van der Waals surface area contributed by atoms with Crippen molar-refractivity contribution in [1.29, 1.82) is 0 Å². The zero-order chi connectivity index (χ0) is 17.0. The van der Waals surface area contributed by atoms with Gasteiger partial charge in [-0.3, -0.25) is 9.78 Å². The third-order valence-electron chi connectivity index (χ3n) is 3.16. The maximum Gasteiger partial charge on any atom is 0.338 e. The molecule has 0 unspecified atom stereocenters. The Morgan fingerprint density at radius 2 is 1.83 bits per heavy atom. The first-order valence-corrected chi connectivity index (χ1v) is 7.52. The first kappa shape index (κ1) is 19.9. The van der Waals surface area contributed by atoms with Gasteiger partial charge in [0.15, 0.2) is 0 Å². The van der Waals surface area contributed by atoms with E-state index in [0.29, 0.717) is 34.1 Å². The van der Waals surface area contributed by atoms with Crippen LogP contribution in [-0.4, -0.2) is 23.5 Å². The lowest BCUT2D eigenvalue weighted by Crippen LogP contribution is -3.00. The molecule has 0 saturated carbocycles. The molecule has 7 heteroatoms. The maximum absolute atomic E-state index is 12.4. The monoisotopic (exact) mass is 367 g/mol. The number of aryl methyl sites for hydroxylation is 2. The average molecular weight is 368 g/mol. The summed E-state index contributed by atoms with van der Waals surface area (Å²) in [5, 5.41) is 3.10. The Balaban J connectivity index is 0.00000288. The molecule has 2 aromatic rings. The van der Waals surface area contributed by atoms with Crippen molar-refractivity contribution in [3.63, 3.8) is 0 Å². The molecule has 0 radical (unpaired) electrons. The van der Waals surface area contributed by atoms with Crippen LogP contribution in [0.5, 0.6) is 0 Å². The molecule has 1 N–H and O–H groups in total. The molecule has 0 aliphatic heterocycles. The van der Waals surface area contributed by atoms with Gasteiger partial charge in [0.05, 0.1) is 28.5 Å². The highest BCUT2D eigenvalue weighted by molar-refractivity contribution is 6.34. The van der Waals surface area contributed by atoms with Crippen LogP contribution >= 0.6 is 11.6 Å². The molecule has 0 fully saturated rings. The second-order valence-corrected chi connectivity index (χ2v) is 5.37. The van der Waals surface area contributed by atoms with Crippen LogP contribution in [0.25, 0.3) is 0 Å². The summed E-state index contributed by atoms with van der Waals surface area (Å²) in [6.07, 6.45) is 0. The molecular weight excluding hydrogens is 351 g/mol. The number of carbonyl (C=O) groups excluding carboxylic acids is 2. The van der Waals surface area contributed by atoms with E-state index >= 15 is 0 Å². The molecule has 0 bridgehead atoms. The molecule has 5 nitrogen and oxygen atoms in total. The molecule has 0 aliphatic rings. The van der Waals surface area contributed by atoms with Crippen molar-refractivity contribution in [3.8, 4) is 0 Å². The van der Waals surface area contributed by atoms with E-state index in [9.17, 15) is 9.59 Å². The van der Waals surface area contributed by atoms with E-state index in [1.165, 1.54) is 0 Å². The summed E-state index contributed by atoms with van der Waals surface area (Å²) >= 11 is 6.14. The number of halogens is 2. The van der Waals surface area contributed by atoms with Gasteiger partial charge in [0.1, 0.15) is 0 Å². The average Bonchev–Trinajstić information content (AvgIpc) is 2.47. The van der Waals surface area contributed by atoms with Crippen LogP contribution in [0.4, 0.5) is 5.69 Å². The van der Waals surface area contributed by atoms with Gasteiger partial charge in [-0.05, 0) is 51.1 Å². The Morgan fingerprint density at radius 1 is 1.21 bits per heavy atom. The largest absolute Gasteiger partial charge is 1.00 e. The van der Waals surface area contributed by atoms with Crippen molar-refractivity contribution < 1.29 is 26.7 Å². The number of aromatic nitrogens is 1. The summed E-state index contributed by atoms with van der Waals surface area (Å²) in [6.45, 7) is 5.61. The highest BCUT2D eigenvalue weighted by atomic mass is 35.5. The molecule has 1 amide bonds. The van der Waals surface area contributed by atoms with Crippen LogP contribution in [0, 0.1) is 13.8 Å². The second-order valence-electron chi connectivity index (χ2n) is 4.96. The minimum Gasteiger partial charge on any atom is -1.00 e. The number of esters is 1. The number of pyridine rings is 1. The lowest BCUT2D eigenvalue weighted by Gasteiger charge is -2.10. The summed E-state index contributed by atoms with van der Waals surface area (Å²) < 4.78 is 4.91. The van der Waals surface area contributed by atoms with E-state index in [1.54, 1.807) is 44.2 Å². The molecule has 0 spiro atoms. The Hall–Kier alpha value is -2.11. The summed E-state index contributed by atoms with van der Waals surface area (Å²) in [7, 11) is 0. The molecule has 1 aromatic heterocycles. The summed E-state index contributed by atoms with van der Waals surface area (Å²) in [5.41, 5.74) is 2.64. The van der Waals surface area contributed by atoms with E-state index in [1.807, 2.05) is 6.92 Å². The second kappa shape index (κ2) is 8.66. The number of hydrogen-bond acceptors (Lipinski definition) is 4. The molecule has 24 heavy (non-hydrogen) atoms. The van der Waals surface area contributed by atoms with Gasteiger partial charge in [-0.1, -0.05) is 11.6 Å². The van der Waals surface area contributed by atoms with Crippen molar-refractivity contribution in [2.24, 2.45) is 0 Å². The lowest BCUT2D eigenvalue weighted by atomic mass is 10.1. The van der Waals surface area contributed by atoms with Gasteiger partial charge in [0.2, 0.25) is 0 Å². The van der Waals surface area contributed by atoms with Gasteiger partial charge in [0.25, 0.3) is 5.91 Å². The van der Waals surface area contributed by atoms with Gasteiger partial charge >= 0.3 is 5.97 Å². The smallest absolute Gasteiger partial charge is 0.338 e. The highest BCUT2D eigenvalue weighted by Gasteiger charge is 2.16. The van der Waals surface area contributed by atoms with Gasteiger partial charge in [-0.15, -0.1) is 0 Å². The molecule has 0 atom stereocenters. The topological polar surface area (TPSA) is 68.3 Å². The van der Waals surface area contributed by atoms with E-state index in [2.05, 4.69) is 10.3 Å². The first-order valence-electron chi connectivity index (χ1n) is 7.14. The molecule has 0 saturated heterocycles. The van der Waals surface area contributed by atoms with Gasteiger partial charge in [0, 0.05) is 11.4 Å². The number of benzene rings is 1. The van der Waals surface area contributed by atoms with Gasteiger partial charge in [-0.25, -0.2) is 4.79 Å². The van der Waals surface area contributed by atoms with Crippen molar-refractivity contribution >= 4 is 29.2 Å². The van der Waals surface area contributed by atoms with Crippen LogP contribution < -0.4 is 17.7 Å². The first-order chi connectivity index (χ1) is 10.9. The molecule has 1 aromatic carbocycles. The fourth-order valence-electron chi connectivity index (χ4n) is 2.15. The normalized spacial score (nSPS) is 9.83. The van der Waals surface area contributed by atoms with Crippen LogP contribution in [0.15, 0.2) is 30.3 Å². The number of hydrogen-bond donors (Lipinski definition) is 1. The number of rotatable bonds is 4. The summed E-state index contributed by atoms with van der Waals surface area (Å²) in [4.78, 5) is 28.2. The molecular formula is C17H17Cl2N2O3-. The fraction of sp³-hybridized carbons (Fsp3) is 0.235. The third-order valence-corrected chi connectivity index (χ3v) is 3.46. The van der Waals surface area contributed by atoms with E-state index < -0.39 is 5.97 Å². The third kappa shape index (κ3) is 4.69. The SMILES string of the molecule is CCOC(=O)c1ccc(NC(=O)c2c(Cl)cc(C)nc2C)cc1.[Cl-]. The van der Waals surface area contributed by atoms with Crippen molar-refractivity contribution in [2.75, 3.05) is 11.9 Å². The number of amides is 1. The van der Waals surface area contributed by atoms with Gasteiger partial charge in [-0.2, -0.15) is 0 Å². The van der Waals surface area contributed by atoms with E-state index in [0.717, 1.165) is 5.69 Å². The minimum absolute atomic E-state index is 0. The Kier molecular flexibility index (Phi) is 7.19. The van der Waals surface area contributed by atoms with Crippen molar-refractivity contribution in [2.45, 2.75) is 20.8 Å². The van der Waals surface area contributed by atoms with Crippen molar-refractivity contribution in [1.82, 2.24) is 4.98 Å². The summed E-state index contributed by atoms with van der Waals surface area (Å²) in [6, 6.07) is 8.10. The zero-order valence-corrected chi connectivity index (χ0v) is 15.0. The number of carbonyl (C=O) groups is 2.